The minimum atomic E-state index is -0.836. The third-order valence-corrected chi connectivity index (χ3v) is 6.58. The summed E-state index contributed by atoms with van der Waals surface area (Å²) >= 11 is 5.92. The molecular formula is C33H27ClN2O6. The Labute approximate surface area is 248 Å². The zero-order chi connectivity index (χ0) is 29.5. The lowest BCUT2D eigenvalue weighted by molar-refractivity contribution is -0.122. The number of benzene rings is 4. The van der Waals surface area contributed by atoms with Crippen LogP contribution in [0.25, 0.3) is 6.08 Å². The number of carbonyl (C=O) groups is 3. The lowest BCUT2D eigenvalue weighted by atomic mass is 10.1. The molecule has 0 bridgehead atoms. The van der Waals surface area contributed by atoms with E-state index < -0.39 is 17.8 Å². The van der Waals surface area contributed by atoms with Gasteiger partial charge in [-0.25, -0.2) is 9.69 Å². The molecule has 5 rings (SSSR count). The molecule has 4 aromatic carbocycles. The molecule has 1 aliphatic heterocycles. The number of hydrogen-bond donors (Lipinski definition) is 1. The van der Waals surface area contributed by atoms with Gasteiger partial charge < -0.3 is 14.2 Å². The summed E-state index contributed by atoms with van der Waals surface area (Å²) in [5, 5.41) is 2.88. The van der Waals surface area contributed by atoms with Crippen molar-refractivity contribution in [3.8, 4) is 17.2 Å². The fraction of sp³-hybridized carbons (Fsp3) is 0.121. The van der Waals surface area contributed by atoms with Crippen molar-refractivity contribution >= 4 is 41.2 Å². The Morgan fingerprint density at radius 2 is 1.45 bits per heavy atom. The van der Waals surface area contributed by atoms with E-state index in [9.17, 15) is 14.4 Å². The monoisotopic (exact) mass is 582 g/mol. The number of hydrogen-bond acceptors (Lipinski definition) is 6. The molecule has 4 aromatic rings. The Morgan fingerprint density at radius 3 is 2.17 bits per heavy atom. The van der Waals surface area contributed by atoms with E-state index in [1.54, 1.807) is 54.6 Å². The van der Waals surface area contributed by atoms with Crippen molar-refractivity contribution in [3.05, 3.63) is 124 Å². The van der Waals surface area contributed by atoms with Crippen LogP contribution in [0, 0.1) is 0 Å². The highest BCUT2D eigenvalue weighted by molar-refractivity contribution is 6.39. The molecule has 1 fully saturated rings. The van der Waals surface area contributed by atoms with Gasteiger partial charge in [0.15, 0.2) is 11.5 Å². The summed E-state index contributed by atoms with van der Waals surface area (Å²) in [6, 6.07) is 27.7. The summed E-state index contributed by atoms with van der Waals surface area (Å²) in [5.74, 6) is 0.00179. The van der Waals surface area contributed by atoms with Crippen LogP contribution in [-0.4, -0.2) is 24.5 Å². The topological polar surface area (TPSA) is 94.2 Å². The molecule has 0 atom stereocenters. The first-order valence-corrected chi connectivity index (χ1v) is 13.6. The van der Waals surface area contributed by atoms with E-state index in [-0.39, 0.29) is 11.3 Å². The van der Waals surface area contributed by atoms with Crippen LogP contribution in [0.15, 0.2) is 103 Å². The van der Waals surface area contributed by atoms with Crippen LogP contribution in [0.3, 0.4) is 0 Å². The van der Waals surface area contributed by atoms with Gasteiger partial charge in [-0.15, -0.1) is 0 Å². The quantitative estimate of drug-likeness (QED) is 0.168. The van der Waals surface area contributed by atoms with Crippen molar-refractivity contribution in [1.29, 1.82) is 0 Å². The van der Waals surface area contributed by atoms with Gasteiger partial charge in [-0.3, -0.25) is 14.9 Å². The van der Waals surface area contributed by atoms with E-state index in [4.69, 9.17) is 25.8 Å². The Morgan fingerprint density at radius 1 is 0.762 bits per heavy atom. The molecule has 9 heteroatoms. The SMILES string of the molecule is CCOc1cc(/C=C2\C(=O)NC(=O)N(c3ccc(OCc4ccc(Cl)cc4)cc3)C2=O)ccc1OCc1ccccc1. The van der Waals surface area contributed by atoms with Gasteiger partial charge >= 0.3 is 6.03 Å². The highest BCUT2D eigenvalue weighted by Crippen LogP contribution is 2.31. The molecule has 0 radical (unpaired) electrons. The molecule has 0 aromatic heterocycles. The molecule has 1 saturated heterocycles. The predicted octanol–water partition coefficient (Wildman–Crippen LogP) is 6.56. The molecule has 0 unspecified atom stereocenters. The van der Waals surface area contributed by atoms with E-state index in [2.05, 4.69) is 5.32 Å². The zero-order valence-corrected chi connectivity index (χ0v) is 23.5. The zero-order valence-electron chi connectivity index (χ0n) is 22.7. The predicted molar refractivity (Wildman–Crippen MR) is 160 cm³/mol. The van der Waals surface area contributed by atoms with Crippen molar-refractivity contribution in [3.63, 3.8) is 0 Å². The molecule has 212 valence electrons. The van der Waals surface area contributed by atoms with Gasteiger partial charge in [0.25, 0.3) is 11.8 Å². The average Bonchev–Trinajstić information content (AvgIpc) is 3.00. The normalized spacial score (nSPS) is 14.1. The number of anilines is 1. The van der Waals surface area contributed by atoms with Crippen molar-refractivity contribution < 1.29 is 28.6 Å². The molecule has 0 aliphatic carbocycles. The lowest BCUT2D eigenvalue weighted by Crippen LogP contribution is -2.54. The van der Waals surface area contributed by atoms with Crippen LogP contribution in [-0.2, 0) is 22.8 Å². The number of urea groups is 1. The van der Waals surface area contributed by atoms with Crippen molar-refractivity contribution in [2.45, 2.75) is 20.1 Å². The maximum Gasteiger partial charge on any atom is 0.335 e. The third kappa shape index (κ3) is 6.79. The van der Waals surface area contributed by atoms with Gasteiger partial charge in [0.05, 0.1) is 12.3 Å². The number of barbiturate groups is 1. The molecular weight excluding hydrogens is 556 g/mol. The number of nitrogens with one attached hydrogen (secondary N) is 1. The summed E-state index contributed by atoms with van der Waals surface area (Å²) in [6.07, 6.45) is 1.42. The van der Waals surface area contributed by atoms with Gasteiger partial charge in [-0.2, -0.15) is 0 Å². The fourth-order valence-corrected chi connectivity index (χ4v) is 4.36. The minimum Gasteiger partial charge on any atom is -0.490 e. The molecule has 8 nitrogen and oxygen atoms in total. The Balaban J connectivity index is 1.32. The van der Waals surface area contributed by atoms with E-state index in [1.807, 2.05) is 49.4 Å². The largest absolute Gasteiger partial charge is 0.490 e. The third-order valence-electron chi connectivity index (χ3n) is 6.33. The van der Waals surface area contributed by atoms with Crippen molar-refractivity contribution in [2.24, 2.45) is 0 Å². The van der Waals surface area contributed by atoms with E-state index in [1.165, 1.54) is 6.08 Å². The van der Waals surface area contributed by atoms with Gasteiger partial charge in [0, 0.05) is 5.02 Å². The number of imide groups is 2. The first-order valence-electron chi connectivity index (χ1n) is 13.2. The number of nitrogens with zero attached hydrogens (tertiary/aromatic N) is 1. The number of halogens is 1. The number of amides is 4. The maximum atomic E-state index is 13.4. The van der Waals surface area contributed by atoms with Crippen LogP contribution in [0.4, 0.5) is 10.5 Å². The van der Waals surface area contributed by atoms with Gasteiger partial charge in [0.2, 0.25) is 0 Å². The van der Waals surface area contributed by atoms with Gasteiger partial charge in [-0.05, 0) is 78.2 Å². The average molecular weight is 583 g/mol. The van der Waals surface area contributed by atoms with Crippen LogP contribution in [0.2, 0.25) is 5.02 Å². The smallest absolute Gasteiger partial charge is 0.335 e. The molecule has 1 N–H and O–H groups in total. The Hall–Kier alpha value is -5.08. The van der Waals surface area contributed by atoms with Crippen LogP contribution in [0.5, 0.6) is 17.2 Å². The number of ether oxygens (including phenoxy) is 3. The number of carbonyl (C=O) groups excluding carboxylic acids is 3. The van der Waals surface area contributed by atoms with Gasteiger partial charge in [0.1, 0.15) is 24.5 Å². The highest BCUT2D eigenvalue weighted by atomic mass is 35.5. The second-order valence-corrected chi connectivity index (χ2v) is 9.72. The fourth-order valence-electron chi connectivity index (χ4n) is 4.23. The Kier molecular flexibility index (Phi) is 8.84. The molecule has 42 heavy (non-hydrogen) atoms. The second kappa shape index (κ2) is 13.1. The van der Waals surface area contributed by atoms with Crippen LogP contribution >= 0.6 is 11.6 Å². The van der Waals surface area contributed by atoms with Crippen LogP contribution in [0.1, 0.15) is 23.6 Å². The van der Waals surface area contributed by atoms with E-state index >= 15 is 0 Å². The molecule has 0 spiro atoms. The summed E-state index contributed by atoms with van der Waals surface area (Å²) < 4.78 is 17.5. The standard InChI is InChI=1S/C33H27ClN2O6/c1-2-40-30-19-24(10-17-29(30)42-21-22-6-4-3-5-7-22)18-28-31(37)35-33(39)36(32(28)38)26-13-15-27(16-14-26)41-20-23-8-11-25(34)12-9-23/h3-19H,2,20-21H2,1H3,(H,35,37,39)/b28-18+. The van der Waals surface area contributed by atoms with Gasteiger partial charge in [-0.1, -0.05) is 60.1 Å². The number of rotatable bonds is 10. The van der Waals surface area contributed by atoms with E-state index in [0.29, 0.717) is 47.7 Å². The summed E-state index contributed by atoms with van der Waals surface area (Å²) in [5.41, 5.74) is 2.56. The first kappa shape index (κ1) is 28.4. The minimum absolute atomic E-state index is 0.196. The summed E-state index contributed by atoms with van der Waals surface area (Å²) in [7, 11) is 0. The maximum absolute atomic E-state index is 13.4. The molecule has 0 saturated carbocycles. The van der Waals surface area contributed by atoms with Crippen molar-refractivity contribution in [1.82, 2.24) is 5.32 Å². The van der Waals surface area contributed by atoms with Crippen LogP contribution < -0.4 is 24.4 Å². The molecule has 4 amide bonds. The lowest BCUT2D eigenvalue weighted by Gasteiger charge is -2.26. The molecule has 1 aliphatic rings. The summed E-state index contributed by atoms with van der Waals surface area (Å²) in [4.78, 5) is 39.7. The first-order chi connectivity index (χ1) is 20.4. The highest BCUT2D eigenvalue weighted by Gasteiger charge is 2.36. The van der Waals surface area contributed by atoms with E-state index in [0.717, 1.165) is 16.0 Å². The van der Waals surface area contributed by atoms with Crippen molar-refractivity contribution in [2.75, 3.05) is 11.5 Å². The summed E-state index contributed by atoms with van der Waals surface area (Å²) in [6.45, 7) is 2.91. The molecule has 1 heterocycles. The Bertz CT molecular complexity index is 1620. The second-order valence-electron chi connectivity index (χ2n) is 9.28.